The van der Waals surface area contributed by atoms with E-state index in [1.54, 1.807) is 23.1 Å². The second-order valence-corrected chi connectivity index (χ2v) is 10.6. The summed E-state index contributed by atoms with van der Waals surface area (Å²) in [6.45, 7) is 10.1. The maximum absolute atomic E-state index is 13.3. The summed E-state index contributed by atoms with van der Waals surface area (Å²) < 4.78 is 0. The fraction of sp³-hybridized carbons (Fsp3) is 0.440. The second-order valence-electron chi connectivity index (χ2n) is 8.80. The van der Waals surface area contributed by atoms with E-state index in [1.807, 2.05) is 58.9 Å². The Labute approximate surface area is 206 Å². The molecule has 2 rings (SSSR count). The second kappa shape index (κ2) is 12.0. The van der Waals surface area contributed by atoms with Gasteiger partial charge in [-0.1, -0.05) is 60.5 Å². The standard InChI is InChI=1S/C25H32Cl2N2O2S/c1-6-22(24(31)28-25(3,4)5)29(14-18-11-8-7-10-17(18)2)23(30)16-32-15-19-20(26)12-9-13-21(19)27/h7-13,22H,6,14-16H2,1-5H3,(H,28,31). The minimum Gasteiger partial charge on any atom is -0.350 e. The molecule has 32 heavy (non-hydrogen) atoms. The number of rotatable bonds is 9. The molecule has 1 unspecified atom stereocenters. The summed E-state index contributed by atoms with van der Waals surface area (Å²) in [4.78, 5) is 28.1. The topological polar surface area (TPSA) is 49.4 Å². The highest BCUT2D eigenvalue weighted by molar-refractivity contribution is 7.99. The van der Waals surface area contributed by atoms with Crippen molar-refractivity contribution in [2.75, 3.05) is 5.75 Å². The van der Waals surface area contributed by atoms with Crippen LogP contribution in [-0.4, -0.2) is 34.0 Å². The van der Waals surface area contributed by atoms with Gasteiger partial charge in [0, 0.05) is 27.9 Å². The highest BCUT2D eigenvalue weighted by Gasteiger charge is 2.30. The molecule has 2 aromatic rings. The molecule has 0 fully saturated rings. The van der Waals surface area contributed by atoms with Crippen molar-refractivity contribution in [3.05, 3.63) is 69.2 Å². The number of carbonyl (C=O) groups excluding carboxylic acids is 2. The van der Waals surface area contributed by atoms with E-state index in [2.05, 4.69) is 5.32 Å². The van der Waals surface area contributed by atoms with Crippen molar-refractivity contribution in [2.24, 2.45) is 0 Å². The fourth-order valence-corrected chi connectivity index (χ4v) is 4.98. The predicted octanol–water partition coefficient (Wildman–Crippen LogP) is 6.26. The van der Waals surface area contributed by atoms with Crippen LogP contribution in [0.3, 0.4) is 0 Å². The van der Waals surface area contributed by atoms with Gasteiger partial charge in [-0.25, -0.2) is 0 Å². The molecule has 0 heterocycles. The Hall–Kier alpha value is -1.69. The molecule has 0 radical (unpaired) electrons. The van der Waals surface area contributed by atoms with E-state index < -0.39 is 6.04 Å². The van der Waals surface area contributed by atoms with E-state index >= 15 is 0 Å². The molecule has 0 saturated carbocycles. The molecule has 2 aromatic carbocycles. The maximum atomic E-state index is 13.3. The smallest absolute Gasteiger partial charge is 0.243 e. The number of nitrogens with one attached hydrogen (secondary N) is 1. The van der Waals surface area contributed by atoms with Gasteiger partial charge in [0.25, 0.3) is 0 Å². The Balaban J connectivity index is 2.21. The van der Waals surface area contributed by atoms with Gasteiger partial charge < -0.3 is 10.2 Å². The van der Waals surface area contributed by atoms with Crippen molar-refractivity contribution in [2.45, 2.75) is 64.9 Å². The molecule has 0 spiro atoms. The molecule has 174 valence electrons. The minimum absolute atomic E-state index is 0.0858. The van der Waals surface area contributed by atoms with Gasteiger partial charge in [0.05, 0.1) is 5.75 Å². The lowest BCUT2D eigenvalue weighted by molar-refractivity contribution is -0.140. The van der Waals surface area contributed by atoms with E-state index in [0.29, 0.717) is 28.8 Å². The molecule has 0 aromatic heterocycles. The van der Waals surface area contributed by atoms with Crippen LogP contribution in [0.1, 0.15) is 50.8 Å². The highest BCUT2D eigenvalue weighted by atomic mass is 35.5. The maximum Gasteiger partial charge on any atom is 0.243 e. The Bertz CT molecular complexity index is 924. The number of carbonyl (C=O) groups is 2. The molecular weight excluding hydrogens is 463 g/mol. The summed E-state index contributed by atoms with van der Waals surface area (Å²) in [5.74, 6) is 0.526. The van der Waals surface area contributed by atoms with Crippen LogP contribution in [0.25, 0.3) is 0 Å². The first-order valence-corrected chi connectivity index (χ1v) is 12.6. The summed E-state index contributed by atoms with van der Waals surface area (Å²) in [6.07, 6.45) is 0.528. The van der Waals surface area contributed by atoms with Gasteiger partial charge in [-0.15, -0.1) is 11.8 Å². The van der Waals surface area contributed by atoms with Crippen LogP contribution in [0, 0.1) is 6.92 Å². The normalized spacial score (nSPS) is 12.3. The number of nitrogens with zero attached hydrogens (tertiary/aromatic N) is 1. The van der Waals surface area contributed by atoms with Gasteiger partial charge >= 0.3 is 0 Å². The highest BCUT2D eigenvalue weighted by Crippen LogP contribution is 2.28. The lowest BCUT2D eigenvalue weighted by Gasteiger charge is -2.33. The molecule has 7 heteroatoms. The van der Waals surface area contributed by atoms with Crippen LogP contribution < -0.4 is 5.32 Å². The molecule has 1 atom stereocenters. The SMILES string of the molecule is CCC(C(=O)NC(C)(C)C)N(Cc1ccccc1C)C(=O)CSCc1c(Cl)cccc1Cl. The predicted molar refractivity (Wildman–Crippen MR) is 136 cm³/mol. The number of halogens is 2. The van der Waals surface area contributed by atoms with E-state index in [9.17, 15) is 9.59 Å². The van der Waals surface area contributed by atoms with Gasteiger partial charge in [-0.05, 0) is 62.9 Å². The quantitative estimate of drug-likeness (QED) is 0.447. The molecule has 0 aliphatic carbocycles. The Morgan fingerprint density at radius 1 is 1.06 bits per heavy atom. The van der Waals surface area contributed by atoms with Gasteiger partial charge in [0.15, 0.2) is 0 Å². The van der Waals surface area contributed by atoms with E-state index in [1.165, 1.54) is 11.8 Å². The van der Waals surface area contributed by atoms with Crippen molar-refractivity contribution in [3.63, 3.8) is 0 Å². The largest absolute Gasteiger partial charge is 0.350 e. The van der Waals surface area contributed by atoms with Crippen LogP contribution in [0.2, 0.25) is 10.0 Å². The van der Waals surface area contributed by atoms with Crippen molar-refractivity contribution in [1.29, 1.82) is 0 Å². The van der Waals surface area contributed by atoms with Crippen LogP contribution >= 0.6 is 35.0 Å². The Kier molecular flexibility index (Phi) is 9.93. The lowest BCUT2D eigenvalue weighted by atomic mass is 10.0. The van der Waals surface area contributed by atoms with Gasteiger partial charge in [0.2, 0.25) is 11.8 Å². The molecule has 2 amide bonds. The summed E-state index contributed by atoms with van der Waals surface area (Å²) in [5, 5.41) is 4.20. The number of amides is 2. The van der Waals surface area contributed by atoms with Crippen LogP contribution in [-0.2, 0) is 21.9 Å². The summed E-state index contributed by atoms with van der Waals surface area (Å²) in [5.41, 5.74) is 2.56. The van der Waals surface area contributed by atoms with E-state index in [0.717, 1.165) is 16.7 Å². The third kappa shape index (κ3) is 7.72. The third-order valence-electron chi connectivity index (χ3n) is 5.02. The Morgan fingerprint density at radius 3 is 2.25 bits per heavy atom. The fourth-order valence-electron chi connectivity index (χ4n) is 3.34. The summed E-state index contributed by atoms with van der Waals surface area (Å²) in [6, 6.07) is 12.8. The van der Waals surface area contributed by atoms with Crippen LogP contribution in [0.15, 0.2) is 42.5 Å². The molecular formula is C25H32Cl2N2O2S. The van der Waals surface area contributed by atoms with Gasteiger partial charge in [-0.3, -0.25) is 9.59 Å². The van der Waals surface area contributed by atoms with Crippen molar-refractivity contribution < 1.29 is 9.59 Å². The number of benzene rings is 2. The summed E-state index contributed by atoms with van der Waals surface area (Å²) in [7, 11) is 0. The van der Waals surface area contributed by atoms with Crippen molar-refractivity contribution >= 4 is 46.8 Å². The number of hydrogen-bond acceptors (Lipinski definition) is 3. The lowest BCUT2D eigenvalue weighted by Crippen LogP contribution is -2.53. The number of hydrogen-bond donors (Lipinski definition) is 1. The molecule has 0 saturated heterocycles. The zero-order valence-electron chi connectivity index (χ0n) is 19.4. The monoisotopic (exact) mass is 494 g/mol. The molecule has 0 bridgehead atoms. The van der Waals surface area contributed by atoms with Crippen molar-refractivity contribution in [3.8, 4) is 0 Å². The van der Waals surface area contributed by atoms with Crippen molar-refractivity contribution in [1.82, 2.24) is 10.2 Å². The number of aryl methyl sites for hydroxylation is 1. The molecule has 0 aliphatic heterocycles. The molecule has 0 aliphatic rings. The first kappa shape index (κ1) is 26.6. The van der Waals surface area contributed by atoms with Crippen LogP contribution in [0.4, 0.5) is 0 Å². The number of thioether (sulfide) groups is 1. The first-order chi connectivity index (χ1) is 15.0. The average Bonchev–Trinajstić information content (AvgIpc) is 2.70. The van der Waals surface area contributed by atoms with Crippen LogP contribution in [0.5, 0.6) is 0 Å². The summed E-state index contributed by atoms with van der Waals surface area (Å²) >= 11 is 14.0. The minimum atomic E-state index is -0.550. The van der Waals surface area contributed by atoms with Gasteiger partial charge in [0.1, 0.15) is 6.04 Å². The first-order valence-electron chi connectivity index (χ1n) is 10.7. The molecule has 1 N–H and O–H groups in total. The van der Waals surface area contributed by atoms with E-state index in [4.69, 9.17) is 23.2 Å². The average molecular weight is 496 g/mol. The molecule has 4 nitrogen and oxygen atoms in total. The van der Waals surface area contributed by atoms with E-state index in [-0.39, 0.29) is 23.1 Å². The Morgan fingerprint density at radius 2 is 1.69 bits per heavy atom. The third-order valence-corrected chi connectivity index (χ3v) is 6.67. The van der Waals surface area contributed by atoms with Gasteiger partial charge in [-0.2, -0.15) is 0 Å². The zero-order chi connectivity index (χ0) is 23.9. The zero-order valence-corrected chi connectivity index (χ0v) is 21.7.